The monoisotopic (exact) mass is 284 g/mol. The van der Waals surface area contributed by atoms with Gasteiger partial charge >= 0.3 is 41.0 Å². The summed E-state index contributed by atoms with van der Waals surface area (Å²) in [6.07, 6.45) is 1.12. The van der Waals surface area contributed by atoms with Crippen molar-refractivity contribution < 1.29 is 31.8 Å². The van der Waals surface area contributed by atoms with Crippen molar-refractivity contribution in [3.05, 3.63) is 12.2 Å². The molecule has 1 N–H and O–H groups in total. The van der Waals surface area contributed by atoms with Crippen LogP contribution in [0.5, 0.6) is 0 Å². The summed E-state index contributed by atoms with van der Waals surface area (Å²) in [5.41, 5.74) is 0.287. The van der Waals surface area contributed by atoms with Crippen LogP contribution < -0.4 is 0 Å². The van der Waals surface area contributed by atoms with Gasteiger partial charge in [0.15, 0.2) is 0 Å². The molecule has 0 heterocycles. The van der Waals surface area contributed by atoms with Gasteiger partial charge in [0, 0.05) is 18.4 Å². The molecule has 0 amide bonds. The van der Waals surface area contributed by atoms with Crippen LogP contribution in [0.2, 0.25) is 0 Å². The number of hydrogen-bond donors (Lipinski definition) is 1. The van der Waals surface area contributed by atoms with Gasteiger partial charge in [-0.05, 0) is 19.8 Å². The molecule has 0 atom stereocenters. The van der Waals surface area contributed by atoms with Crippen LogP contribution in [0.15, 0.2) is 12.2 Å². The van der Waals surface area contributed by atoms with Crippen molar-refractivity contribution in [2.24, 2.45) is 0 Å². The van der Waals surface area contributed by atoms with Crippen molar-refractivity contribution in [2.75, 3.05) is 13.2 Å². The van der Waals surface area contributed by atoms with Gasteiger partial charge in [0.05, 0.1) is 0 Å². The third kappa shape index (κ3) is 13.2. The number of carboxylic acids is 1. The van der Waals surface area contributed by atoms with E-state index in [0.29, 0.717) is 12.8 Å². The second kappa shape index (κ2) is 12.0. The van der Waals surface area contributed by atoms with Gasteiger partial charge in [-0.1, -0.05) is 6.58 Å². The van der Waals surface area contributed by atoms with E-state index in [4.69, 9.17) is 14.6 Å². The third-order valence-electron chi connectivity index (χ3n) is 1.95. The fourth-order valence-corrected chi connectivity index (χ4v) is 1.03. The SMILES string of the molecule is C=C(C)C(=O)OCCOC(=O)CCCCC(=O)O.[H-].[H-].[Mg+2]. The maximum Gasteiger partial charge on any atom is 2.00 e. The minimum Gasteiger partial charge on any atom is -1.00 e. The second-order valence-electron chi connectivity index (χ2n) is 3.74. The minimum atomic E-state index is -0.880. The maximum atomic E-state index is 11.1. The first kappa shape index (κ1) is 20.2. The molecule has 0 radical (unpaired) electrons. The Morgan fingerprint density at radius 3 is 2.16 bits per heavy atom. The molecule has 0 rings (SSSR count). The first-order valence-electron chi connectivity index (χ1n) is 5.63. The number of unbranched alkanes of at least 4 members (excludes halogenated alkanes) is 1. The second-order valence-corrected chi connectivity index (χ2v) is 3.74. The summed E-state index contributed by atoms with van der Waals surface area (Å²) in [5.74, 6) is -1.82. The molecule has 0 fully saturated rings. The Balaban J connectivity index is -0.000000482. The average Bonchev–Trinajstić information content (AvgIpc) is 2.29. The first-order chi connectivity index (χ1) is 8.43. The fourth-order valence-electron chi connectivity index (χ4n) is 1.03. The molecule has 0 saturated carbocycles. The molecule has 0 unspecified atom stereocenters. The van der Waals surface area contributed by atoms with Crippen LogP contribution >= 0.6 is 0 Å². The normalized spacial score (nSPS) is 9.11. The zero-order valence-corrected chi connectivity index (χ0v) is 12.6. The van der Waals surface area contributed by atoms with Crippen molar-refractivity contribution in [1.29, 1.82) is 0 Å². The number of carbonyl (C=O) groups excluding carboxylic acids is 2. The molecule has 6 nitrogen and oxygen atoms in total. The van der Waals surface area contributed by atoms with Gasteiger partial charge in [-0.25, -0.2) is 4.79 Å². The summed E-state index contributed by atoms with van der Waals surface area (Å²) >= 11 is 0. The summed E-state index contributed by atoms with van der Waals surface area (Å²) in [6.45, 7) is 4.92. The van der Waals surface area contributed by atoms with Crippen molar-refractivity contribution in [3.8, 4) is 0 Å². The molecular weight excluding hydrogens is 264 g/mol. The quantitative estimate of drug-likeness (QED) is 0.295. The van der Waals surface area contributed by atoms with Crippen LogP contribution in [-0.4, -0.2) is 59.3 Å². The molecule has 0 aliphatic heterocycles. The van der Waals surface area contributed by atoms with Gasteiger partial charge in [-0.3, -0.25) is 9.59 Å². The van der Waals surface area contributed by atoms with Crippen molar-refractivity contribution in [1.82, 2.24) is 0 Å². The molecule has 106 valence electrons. The molecule has 0 bridgehead atoms. The Hall–Kier alpha value is -1.08. The minimum absolute atomic E-state index is 0. The molecule has 0 aliphatic rings. The largest absolute Gasteiger partial charge is 2.00 e. The zero-order valence-electron chi connectivity index (χ0n) is 13.1. The number of carbonyl (C=O) groups is 3. The maximum absolute atomic E-state index is 11.1. The molecule has 0 aliphatic carbocycles. The zero-order chi connectivity index (χ0) is 14.0. The van der Waals surface area contributed by atoms with Crippen LogP contribution in [0.3, 0.4) is 0 Å². The summed E-state index contributed by atoms with van der Waals surface area (Å²) in [4.78, 5) is 32.3. The van der Waals surface area contributed by atoms with E-state index in [1.54, 1.807) is 0 Å². The smallest absolute Gasteiger partial charge is 1.00 e. The van der Waals surface area contributed by atoms with E-state index in [0.717, 1.165) is 0 Å². The van der Waals surface area contributed by atoms with Crippen LogP contribution in [-0.2, 0) is 23.9 Å². The molecule has 0 saturated heterocycles. The van der Waals surface area contributed by atoms with Crippen molar-refractivity contribution in [2.45, 2.75) is 32.6 Å². The predicted octanol–water partition coefficient (Wildman–Crippen LogP) is 1.14. The first-order valence-corrected chi connectivity index (χ1v) is 5.63. The Morgan fingerprint density at radius 1 is 1.11 bits per heavy atom. The molecule has 0 spiro atoms. The standard InChI is InChI=1S/C12H18O6.Mg.2H/c1-9(2)12(16)18-8-7-17-11(15)6-4-3-5-10(13)14;;;/h1,3-8H2,2H3,(H,13,14);;;/q;+2;2*-1. The van der Waals surface area contributed by atoms with Gasteiger partial charge in [0.1, 0.15) is 13.2 Å². The van der Waals surface area contributed by atoms with E-state index in [2.05, 4.69) is 6.58 Å². The molecule has 0 aromatic heterocycles. The molecule has 0 aromatic rings. The van der Waals surface area contributed by atoms with Crippen LogP contribution in [0.25, 0.3) is 0 Å². The van der Waals surface area contributed by atoms with Gasteiger partial charge in [0.25, 0.3) is 0 Å². The van der Waals surface area contributed by atoms with E-state index in [1.165, 1.54) is 6.92 Å². The van der Waals surface area contributed by atoms with E-state index in [1.807, 2.05) is 0 Å². The third-order valence-corrected chi connectivity index (χ3v) is 1.95. The molecule has 19 heavy (non-hydrogen) atoms. The fraction of sp³-hybridized carbons (Fsp3) is 0.583. The number of carboxylic acid groups (broad SMARTS) is 1. The van der Waals surface area contributed by atoms with Crippen LogP contribution in [0.1, 0.15) is 35.5 Å². The van der Waals surface area contributed by atoms with Crippen LogP contribution in [0.4, 0.5) is 0 Å². The Labute approximate surface area is 131 Å². The van der Waals surface area contributed by atoms with Crippen LogP contribution in [0, 0.1) is 0 Å². The van der Waals surface area contributed by atoms with Gasteiger partial charge in [0.2, 0.25) is 0 Å². The predicted molar refractivity (Wildman–Crippen MR) is 70.8 cm³/mol. The summed E-state index contributed by atoms with van der Waals surface area (Å²) < 4.78 is 9.50. The van der Waals surface area contributed by atoms with Crippen molar-refractivity contribution >= 4 is 41.0 Å². The topological polar surface area (TPSA) is 89.9 Å². The number of ether oxygens (including phenoxy) is 2. The van der Waals surface area contributed by atoms with Gasteiger partial charge < -0.3 is 17.4 Å². The van der Waals surface area contributed by atoms with Gasteiger partial charge in [-0.15, -0.1) is 0 Å². The molecule has 7 heteroatoms. The van der Waals surface area contributed by atoms with Gasteiger partial charge in [-0.2, -0.15) is 0 Å². The number of rotatable bonds is 9. The summed E-state index contributed by atoms with van der Waals surface area (Å²) in [5, 5.41) is 8.38. The molecular formula is C12H20MgO6. The number of aliphatic carboxylic acids is 1. The van der Waals surface area contributed by atoms with E-state index in [-0.39, 0.29) is 57.5 Å². The van der Waals surface area contributed by atoms with E-state index in [9.17, 15) is 14.4 Å². The Kier molecular flexibility index (Phi) is 12.8. The number of esters is 2. The average molecular weight is 285 g/mol. The molecule has 0 aromatic carbocycles. The Morgan fingerprint density at radius 2 is 1.63 bits per heavy atom. The van der Waals surface area contributed by atoms with E-state index < -0.39 is 17.9 Å². The Bertz CT molecular complexity index is 336. The summed E-state index contributed by atoms with van der Waals surface area (Å²) in [6, 6.07) is 0. The van der Waals surface area contributed by atoms with Crippen molar-refractivity contribution in [3.63, 3.8) is 0 Å². The number of hydrogen-bond acceptors (Lipinski definition) is 5. The van der Waals surface area contributed by atoms with E-state index >= 15 is 0 Å². The summed E-state index contributed by atoms with van der Waals surface area (Å²) in [7, 11) is 0.